The molecule has 0 spiro atoms. The summed E-state index contributed by atoms with van der Waals surface area (Å²) in [7, 11) is -5.06. The van der Waals surface area contributed by atoms with Crippen molar-refractivity contribution in [3.05, 3.63) is 24.3 Å². The van der Waals surface area contributed by atoms with E-state index < -0.39 is 59.8 Å². The number of ether oxygens (including phenoxy) is 4. The molecule has 13 heteroatoms. The average molecular weight is 807 g/mol. The third kappa shape index (κ3) is 28.6. The smallest absolute Gasteiger partial charge is 0.397 e. The van der Waals surface area contributed by atoms with Crippen molar-refractivity contribution >= 4 is 16.4 Å². The molecule has 0 aliphatic carbocycles. The molecule has 55 heavy (non-hydrogen) atoms. The van der Waals surface area contributed by atoms with E-state index in [1.54, 1.807) is 0 Å². The van der Waals surface area contributed by atoms with Crippen LogP contribution in [-0.4, -0.2) is 97.5 Å². The number of rotatable bonds is 37. The van der Waals surface area contributed by atoms with Crippen LogP contribution < -0.4 is 0 Å². The Morgan fingerprint density at radius 1 is 0.691 bits per heavy atom. The highest BCUT2D eigenvalue weighted by atomic mass is 32.3. The Labute approximate surface area is 333 Å². The van der Waals surface area contributed by atoms with Crippen LogP contribution in [0.3, 0.4) is 0 Å². The van der Waals surface area contributed by atoms with E-state index in [0.717, 1.165) is 64.2 Å². The number of unbranched alkanes of at least 4 members (excludes halogenated alkanes) is 20. The molecule has 0 bridgehead atoms. The lowest BCUT2D eigenvalue weighted by Gasteiger charge is -2.41. The lowest BCUT2D eigenvalue weighted by atomic mass is 9.99. The first kappa shape index (κ1) is 51.6. The minimum Gasteiger partial charge on any atom is -0.457 e. The second-order valence-corrected chi connectivity index (χ2v) is 16.0. The van der Waals surface area contributed by atoms with E-state index in [4.69, 9.17) is 23.5 Å². The lowest BCUT2D eigenvalue weighted by Crippen LogP contribution is -2.60. The van der Waals surface area contributed by atoms with Gasteiger partial charge in [0.1, 0.15) is 30.5 Å². The standard InChI is InChI=1S/C42H78O12S/c1-3-5-7-9-11-13-15-17-19-21-23-25-27-29-31-38(44)52-36(34-50-32-30-28-26-24-22-20-18-16-14-12-10-8-6-4-2)35-51-42-40(46)41(54-55(47,48)49)39(45)37(33-43)53-42/h8,10,14,16,36-37,39-43,45-46H,3-7,9,11-13,15,17-35H2,1-2H3,(H,47,48,49)/b10-8-,16-14-. The predicted octanol–water partition coefficient (Wildman–Crippen LogP) is 8.46. The number of esters is 1. The average Bonchev–Trinajstić information content (AvgIpc) is 3.15. The SMILES string of the molecule is CCC/C=C\C/C=C\CCCCCCCCOCC(COC1OC(CO)C(O)C(OS(=O)(=O)O)C1O)OC(=O)CCCCCCCCCCCCCCCC. The molecule has 6 atom stereocenters. The van der Waals surface area contributed by atoms with Crippen molar-refractivity contribution in [1.82, 2.24) is 0 Å². The Bertz CT molecular complexity index is 1070. The molecule has 1 fully saturated rings. The number of hydrogen-bond acceptors (Lipinski definition) is 11. The van der Waals surface area contributed by atoms with Crippen molar-refractivity contribution in [3.8, 4) is 0 Å². The van der Waals surface area contributed by atoms with E-state index in [-0.39, 0.29) is 19.6 Å². The zero-order chi connectivity index (χ0) is 40.4. The molecular weight excluding hydrogens is 729 g/mol. The van der Waals surface area contributed by atoms with Gasteiger partial charge in [-0.05, 0) is 38.5 Å². The highest BCUT2D eigenvalue weighted by Gasteiger charge is 2.48. The van der Waals surface area contributed by atoms with Gasteiger partial charge in [-0.15, -0.1) is 0 Å². The first-order valence-corrected chi connectivity index (χ1v) is 23.0. The van der Waals surface area contributed by atoms with Gasteiger partial charge in [-0.25, -0.2) is 4.18 Å². The van der Waals surface area contributed by atoms with E-state index in [1.807, 2.05) is 0 Å². The van der Waals surface area contributed by atoms with Crippen LogP contribution in [0.4, 0.5) is 0 Å². The fourth-order valence-corrected chi connectivity index (χ4v) is 7.04. The summed E-state index contributed by atoms with van der Waals surface area (Å²) >= 11 is 0. The van der Waals surface area contributed by atoms with Crippen LogP contribution in [0.5, 0.6) is 0 Å². The number of carbonyl (C=O) groups is 1. The maximum atomic E-state index is 12.8. The number of allylic oxidation sites excluding steroid dienone is 4. The fraction of sp³-hybridized carbons (Fsp3) is 0.881. The van der Waals surface area contributed by atoms with Crippen LogP contribution >= 0.6 is 0 Å². The van der Waals surface area contributed by atoms with Crippen LogP contribution in [0, 0.1) is 0 Å². The quantitative estimate of drug-likeness (QED) is 0.0204. The summed E-state index contributed by atoms with van der Waals surface area (Å²) < 4.78 is 58.9. The third-order valence-electron chi connectivity index (χ3n) is 9.81. The number of aliphatic hydroxyl groups excluding tert-OH is 3. The van der Waals surface area contributed by atoms with Crippen molar-refractivity contribution in [3.63, 3.8) is 0 Å². The van der Waals surface area contributed by atoms with Gasteiger partial charge in [-0.3, -0.25) is 9.35 Å². The van der Waals surface area contributed by atoms with Crippen molar-refractivity contribution in [2.45, 2.75) is 211 Å². The summed E-state index contributed by atoms with van der Waals surface area (Å²) in [5.41, 5.74) is 0. The molecule has 1 saturated heterocycles. The van der Waals surface area contributed by atoms with Crippen LogP contribution in [0.15, 0.2) is 24.3 Å². The summed E-state index contributed by atoms with van der Waals surface area (Å²) in [5.74, 6) is -0.403. The zero-order valence-electron chi connectivity index (χ0n) is 34.2. The molecule has 0 aromatic rings. The fourth-order valence-electron chi connectivity index (χ4n) is 6.53. The van der Waals surface area contributed by atoms with Crippen molar-refractivity contribution < 1.29 is 56.2 Å². The molecule has 324 valence electrons. The van der Waals surface area contributed by atoms with Gasteiger partial charge in [-0.1, -0.05) is 154 Å². The Hall–Kier alpha value is -1.42. The summed E-state index contributed by atoms with van der Waals surface area (Å²) in [6, 6.07) is 0. The number of hydrogen-bond donors (Lipinski definition) is 4. The summed E-state index contributed by atoms with van der Waals surface area (Å²) in [4.78, 5) is 12.8. The molecule has 12 nitrogen and oxygen atoms in total. The molecule has 0 aromatic carbocycles. The molecule has 0 radical (unpaired) electrons. The van der Waals surface area contributed by atoms with E-state index in [9.17, 15) is 28.5 Å². The molecule has 1 aliphatic heterocycles. The zero-order valence-corrected chi connectivity index (χ0v) is 35.1. The Kier molecular flexibility index (Phi) is 32.5. The van der Waals surface area contributed by atoms with Gasteiger partial charge < -0.3 is 34.3 Å². The predicted molar refractivity (Wildman–Crippen MR) is 216 cm³/mol. The van der Waals surface area contributed by atoms with Gasteiger partial charge in [0, 0.05) is 13.0 Å². The summed E-state index contributed by atoms with van der Waals surface area (Å²) in [6.07, 6.45) is 27.8. The van der Waals surface area contributed by atoms with Crippen LogP contribution in [0.2, 0.25) is 0 Å². The first-order chi connectivity index (χ1) is 26.6. The van der Waals surface area contributed by atoms with Crippen molar-refractivity contribution in [2.75, 3.05) is 26.4 Å². The Morgan fingerprint density at radius 2 is 1.24 bits per heavy atom. The Morgan fingerprint density at radius 3 is 1.80 bits per heavy atom. The molecule has 1 aliphatic rings. The number of aliphatic hydroxyl groups is 3. The number of carbonyl (C=O) groups excluding carboxylic acids is 1. The monoisotopic (exact) mass is 807 g/mol. The molecular formula is C42H78O12S. The van der Waals surface area contributed by atoms with Gasteiger partial charge in [0.2, 0.25) is 0 Å². The minimum absolute atomic E-state index is 0.0320. The summed E-state index contributed by atoms with van der Waals surface area (Å²) in [6.45, 7) is 3.90. The largest absolute Gasteiger partial charge is 0.457 e. The van der Waals surface area contributed by atoms with Gasteiger partial charge in [0.25, 0.3) is 0 Å². The van der Waals surface area contributed by atoms with Gasteiger partial charge >= 0.3 is 16.4 Å². The molecule has 0 aromatic heterocycles. The van der Waals surface area contributed by atoms with E-state index in [2.05, 4.69) is 42.3 Å². The van der Waals surface area contributed by atoms with E-state index in [1.165, 1.54) is 83.5 Å². The third-order valence-corrected chi connectivity index (χ3v) is 10.3. The molecule has 0 amide bonds. The molecule has 4 N–H and O–H groups in total. The van der Waals surface area contributed by atoms with Crippen LogP contribution in [-0.2, 0) is 38.3 Å². The van der Waals surface area contributed by atoms with E-state index in [0.29, 0.717) is 13.0 Å². The van der Waals surface area contributed by atoms with Gasteiger partial charge in [-0.2, -0.15) is 8.42 Å². The Balaban J connectivity index is 2.46. The van der Waals surface area contributed by atoms with Gasteiger partial charge in [0.15, 0.2) is 6.29 Å². The topological polar surface area (TPSA) is 178 Å². The molecule has 0 saturated carbocycles. The van der Waals surface area contributed by atoms with Crippen molar-refractivity contribution in [2.24, 2.45) is 0 Å². The maximum Gasteiger partial charge on any atom is 0.397 e. The van der Waals surface area contributed by atoms with Crippen LogP contribution in [0.1, 0.15) is 174 Å². The van der Waals surface area contributed by atoms with Gasteiger partial charge in [0.05, 0.1) is 19.8 Å². The minimum atomic E-state index is -5.06. The maximum absolute atomic E-state index is 12.8. The highest BCUT2D eigenvalue weighted by Crippen LogP contribution is 2.26. The normalized spacial score (nSPS) is 21.2. The lowest BCUT2D eigenvalue weighted by molar-refractivity contribution is -0.301. The van der Waals surface area contributed by atoms with Crippen molar-refractivity contribution in [1.29, 1.82) is 0 Å². The van der Waals surface area contributed by atoms with Crippen LogP contribution in [0.25, 0.3) is 0 Å². The molecule has 1 rings (SSSR count). The first-order valence-electron chi connectivity index (χ1n) is 21.6. The van der Waals surface area contributed by atoms with E-state index >= 15 is 0 Å². The molecule has 6 unspecified atom stereocenters. The second kappa shape index (κ2) is 34.6. The molecule has 1 heterocycles. The highest BCUT2D eigenvalue weighted by molar-refractivity contribution is 7.80. The second-order valence-electron chi connectivity index (χ2n) is 14.9. The summed E-state index contributed by atoms with van der Waals surface area (Å²) in [5, 5.41) is 30.6.